The van der Waals surface area contributed by atoms with Gasteiger partial charge >= 0.3 is 0 Å². The fourth-order valence-corrected chi connectivity index (χ4v) is 4.82. The zero-order chi connectivity index (χ0) is 17.6. The topological polar surface area (TPSA) is 38.7 Å². The molecule has 0 heterocycles. The van der Waals surface area contributed by atoms with Gasteiger partial charge in [0.25, 0.3) is 0 Å². The molecule has 3 nitrogen and oxygen atoms in total. The number of benzene rings is 1. The Hall–Kier alpha value is -1.48. The van der Waals surface area contributed by atoms with Gasteiger partial charge in [0.05, 0.1) is 20.3 Å². The van der Waals surface area contributed by atoms with E-state index in [2.05, 4.69) is 33.8 Å². The summed E-state index contributed by atoms with van der Waals surface area (Å²) in [5.74, 6) is 2.39. The lowest BCUT2D eigenvalue weighted by atomic mass is 9.60. The molecule has 0 radical (unpaired) electrons. The number of ether oxygens (including phenoxy) is 2. The minimum Gasteiger partial charge on any atom is -0.496 e. The minimum absolute atomic E-state index is 0.0645. The van der Waals surface area contributed by atoms with Crippen LogP contribution in [0.4, 0.5) is 0 Å². The van der Waals surface area contributed by atoms with E-state index in [1.54, 1.807) is 14.2 Å². The van der Waals surface area contributed by atoms with E-state index in [-0.39, 0.29) is 11.5 Å². The molecule has 1 N–H and O–H groups in total. The van der Waals surface area contributed by atoms with Crippen molar-refractivity contribution >= 4 is 0 Å². The molecule has 132 valence electrons. The molecule has 2 atom stereocenters. The van der Waals surface area contributed by atoms with E-state index in [0.29, 0.717) is 5.92 Å². The smallest absolute Gasteiger partial charge is 0.126 e. The molecule has 0 bridgehead atoms. The first-order chi connectivity index (χ1) is 11.3. The molecule has 0 aliphatic heterocycles. The van der Waals surface area contributed by atoms with Crippen LogP contribution in [0.1, 0.15) is 69.6 Å². The largest absolute Gasteiger partial charge is 0.496 e. The normalized spacial score (nSPS) is 26.2. The van der Waals surface area contributed by atoms with Crippen LogP contribution in [0.25, 0.3) is 0 Å². The van der Waals surface area contributed by atoms with Crippen molar-refractivity contribution < 1.29 is 14.6 Å². The van der Waals surface area contributed by atoms with Crippen LogP contribution in [0.3, 0.4) is 0 Å². The van der Waals surface area contributed by atoms with Crippen LogP contribution in [0.15, 0.2) is 17.2 Å². The highest BCUT2D eigenvalue weighted by Gasteiger charge is 2.44. The quantitative estimate of drug-likeness (QED) is 0.829. The van der Waals surface area contributed by atoms with E-state index in [0.717, 1.165) is 42.8 Å². The van der Waals surface area contributed by atoms with Crippen LogP contribution >= 0.6 is 0 Å². The van der Waals surface area contributed by atoms with Gasteiger partial charge in [0.2, 0.25) is 0 Å². The zero-order valence-corrected chi connectivity index (χ0v) is 15.8. The first-order valence-electron chi connectivity index (χ1n) is 9.01. The van der Waals surface area contributed by atoms with Crippen molar-refractivity contribution in [1.82, 2.24) is 0 Å². The number of methoxy groups -OCH3 is 2. The molecule has 3 rings (SSSR count). The molecule has 0 unspecified atom stereocenters. The van der Waals surface area contributed by atoms with Crippen molar-refractivity contribution in [3.8, 4) is 11.5 Å². The van der Waals surface area contributed by atoms with Crippen LogP contribution in [0.2, 0.25) is 0 Å². The van der Waals surface area contributed by atoms with Crippen LogP contribution in [-0.4, -0.2) is 25.4 Å². The van der Waals surface area contributed by atoms with Crippen molar-refractivity contribution in [3.05, 3.63) is 33.9 Å². The average molecular weight is 330 g/mol. The highest BCUT2D eigenvalue weighted by atomic mass is 16.5. The van der Waals surface area contributed by atoms with Crippen molar-refractivity contribution in [1.29, 1.82) is 0 Å². The molecule has 0 fully saturated rings. The minimum atomic E-state index is -0.294. The fourth-order valence-electron chi connectivity index (χ4n) is 4.82. The lowest BCUT2D eigenvalue weighted by Crippen LogP contribution is -2.38. The van der Waals surface area contributed by atoms with Gasteiger partial charge in [0.15, 0.2) is 0 Å². The van der Waals surface area contributed by atoms with Crippen molar-refractivity contribution in [2.75, 3.05) is 14.2 Å². The molecule has 2 aliphatic carbocycles. The molecule has 0 amide bonds. The molecule has 0 aromatic heterocycles. The highest BCUT2D eigenvalue weighted by Crippen LogP contribution is 2.55. The molecule has 1 aromatic carbocycles. The van der Waals surface area contributed by atoms with Crippen LogP contribution in [-0.2, 0) is 11.8 Å². The molecule has 3 heteroatoms. The predicted octanol–water partition coefficient (Wildman–Crippen LogP) is 4.50. The second kappa shape index (κ2) is 6.11. The second-order valence-corrected chi connectivity index (χ2v) is 7.76. The van der Waals surface area contributed by atoms with Gasteiger partial charge in [-0.2, -0.15) is 0 Å². The maximum atomic E-state index is 10.3. The summed E-state index contributed by atoms with van der Waals surface area (Å²) in [6.45, 7) is 8.79. The first kappa shape index (κ1) is 17.3. The maximum absolute atomic E-state index is 10.3. The monoisotopic (exact) mass is 330 g/mol. The van der Waals surface area contributed by atoms with Crippen LogP contribution in [0, 0.1) is 0 Å². The van der Waals surface area contributed by atoms with Crippen LogP contribution in [0.5, 0.6) is 11.5 Å². The fraction of sp³-hybridized carbons (Fsp3) is 0.619. The zero-order valence-electron chi connectivity index (χ0n) is 15.8. The first-order valence-corrected chi connectivity index (χ1v) is 9.01. The van der Waals surface area contributed by atoms with E-state index in [1.807, 2.05) is 0 Å². The number of hydrogen-bond acceptors (Lipinski definition) is 3. The van der Waals surface area contributed by atoms with E-state index >= 15 is 0 Å². The molecule has 0 spiro atoms. The number of fused-ring (bicyclic) bond motifs is 3. The summed E-state index contributed by atoms with van der Waals surface area (Å²) >= 11 is 0. The Bertz CT molecular complexity index is 687. The Morgan fingerprint density at radius 3 is 2.50 bits per heavy atom. The summed E-state index contributed by atoms with van der Waals surface area (Å²) in [5.41, 5.74) is 6.28. The molecule has 0 saturated carbocycles. The molecule has 24 heavy (non-hydrogen) atoms. The Balaban J connectivity index is 2.31. The summed E-state index contributed by atoms with van der Waals surface area (Å²) in [6, 6.07) is 2.16. The van der Waals surface area contributed by atoms with E-state index < -0.39 is 0 Å². The summed E-state index contributed by atoms with van der Waals surface area (Å²) in [6.07, 6.45) is 3.41. The summed E-state index contributed by atoms with van der Waals surface area (Å²) in [4.78, 5) is 0. The Kier molecular flexibility index (Phi) is 4.41. The Morgan fingerprint density at radius 1 is 1.21 bits per heavy atom. The van der Waals surface area contributed by atoms with E-state index in [4.69, 9.17) is 9.47 Å². The third kappa shape index (κ3) is 2.36. The van der Waals surface area contributed by atoms with Gasteiger partial charge in [-0.3, -0.25) is 0 Å². The molecular weight excluding hydrogens is 300 g/mol. The van der Waals surface area contributed by atoms with Gasteiger partial charge in [0, 0.05) is 22.1 Å². The lowest BCUT2D eigenvalue weighted by molar-refractivity contribution is 0.169. The molecule has 2 aliphatic rings. The third-order valence-corrected chi connectivity index (χ3v) is 6.15. The van der Waals surface area contributed by atoms with Gasteiger partial charge in [-0.05, 0) is 50.2 Å². The number of aliphatic hydroxyl groups excluding tert-OH is 1. The van der Waals surface area contributed by atoms with Gasteiger partial charge < -0.3 is 14.6 Å². The number of aliphatic hydroxyl groups is 1. The van der Waals surface area contributed by atoms with Gasteiger partial charge in [0.1, 0.15) is 11.5 Å². The lowest BCUT2D eigenvalue weighted by Gasteiger charge is -2.45. The molecular formula is C21H30O3. The van der Waals surface area contributed by atoms with Crippen molar-refractivity contribution in [2.24, 2.45) is 0 Å². The summed E-state index contributed by atoms with van der Waals surface area (Å²) in [5, 5.41) is 10.3. The van der Waals surface area contributed by atoms with Crippen molar-refractivity contribution in [3.63, 3.8) is 0 Å². The Morgan fingerprint density at radius 2 is 1.92 bits per heavy atom. The van der Waals surface area contributed by atoms with Gasteiger partial charge in [-0.1, -0.05) is 26.3 Å². The number of rotatable bonds is 3. The predicted molar refractivity (Wildman–Crippen MR) is 97.2 cm³/mol. The molecule has 1 aromatic rings. The van der Waals surface area contributed by atoms with Crippen molar-refractivity contribution in [2.45, 2.75) is 70.8 Å². The SMILES string of the molecule is COc1cc(C(C)C)c(OC)c2c1[C@]1(C)CC[C@@H](O)C(C)=C1CC2. The van der Waals surface area contributed by atoms with Crippen LogP contribution < -0.4 is 9.47 Å². The second-order valence-electron chi connectivity index (χ2n) is 7.76. The Labute approximate surface area is 145 Å². The van der Waals surface area contributed by atoms with E-state index in [1.165, 1.54) is 22.3 Å². The van der Waals surface area contributed by atoms with E-state index in [9.17, 15) is 5.11 Å². The van der Waals surface area contributed by atoms with Gasteiger partial charge in [-0.25, -0.2) is 0 Å². The maximum Gasteiger partial charge on any atom is 0.126 e. The summed E-state index contributed by atoms with van der Waals surface area (Å²) < 4.78 is 11.7. The summed E-state index contributed by atoms with van der Waals surface area (Å²) in [7, 11) is 3.54. The average Bonchev–Trinajstić information content (AvgIpc) is 2.56. The third-order valence-electron chi connectivity index (χ3n) is 6.15. The standard InChI is InChI=1S/C21H30O3/c1-12(2)15-11-18(23-5)19-14(20(15)24-6)7-8-16-13(3)17(22)9-10-21(16,19)4/h11-12,17,22H,7-10H2,1-6H3/t17-,21-/m1/s1. The van der Waals surface area contributed by atoms with Gasteiger partial charge in [-0.15, -0.1) is 0 Å². The molecule has 0 saturated heterocycles. The highest BCUT2D eigenvalue weighted by molar-refractivity contribution is 5.62. The number of allylic oxidation sites excluding steroid dienone is 1. The number of hydrogen-bond donors (Lipinski definition) is 1.